The summed E-state index contributed by atoms with van der Waals surface area (Å²) in [5.41, 5.74) is 3.70. The van der Waals surface area contributed by atoms with Gasteiger partial charge in [-0.25, -0.2) is 0 Å². The molecule has 1 aromatic carbocycles. The van der Waals surface area contributed by atoms with E-state index in [9.17, 15) is 4.79 Å². The van der Waals surface area contributed by atoms with Crippen LogP contribution in [0.15, 0.2) is 18.2 Å². The van der Waals surface area contributed by atoms with Crippen LogP contribution < -0.4 is 5.32 Å². The monoisotopic (exact) mass is 389 g/mol. The summed E-state index contributed by atoms with van der Waals surface area (Å²) in [4.78, 5) is 12.9. The molecule has 4 saturated carbocycles. The molecule has 4 bridgehead atoms. The maximum Gasteiger partial charge on any atom is 0.224 e. The van der Waals surface area contributed by atoms with Crippen LogP contribution in [0.25, 0.3) is 0 Å². The van der Waals surface area contributed by atoms with Gasteiger partial charge in [-0.15, -0.1) is 0 Å². The zero-order valence-electron chi connectivity index (χ0n) is 14.8. The van der Waals surface area contributed by atoms with Gasteiger partial charge in [-0.3, -0.25) is 4.79 Å². The Kier molecular flexibility index (Phi) is 4.06. The number of para-hydroxylation sites is 1. The molecule has 2 atom stereocenters. The number of hydrogen-bond acceptors (Lipinski definition) is 1. The van der Waals surface area contributed by atoms with E-state index in [-0.39, 0.29) is 11.3 Å². The molecular weight excluding hydrogens is 362 g/mol. The second kappa shape index (κ2) is 5.86. The molecule has 0 aromatic heterocycles. The Morgan fingerprint density at radius 3 is 2.58 bits per heavy atom. The average molecular weight is 390 g/mol. The molecule has 0 saturated heterocycles. The Morgan fingerprint density at radius 1 is 1.25 bits per heavy atom. The first-order valence-corrected chi connectivity index (χ1v) is 10.3. The maximum atomic E-state index is 12.9. The molecule has 0 heterocycles. The zero-order valence-corrected chi connectivity index (χ0v) is 16.4. The highest BCUT2D eigenvalue weighted by molar-refractivity contribution is 9.10. The van der Waals surface area contributed by atoms with Crippen molar-refractivity contribution in [2.24, 2.45) is 17.3 Å². The molecule has 2 nitrogen and oxygen atoms in total. The summed E-state index contributed by atoms with van der Waals surface area (Å²) < 4.78 is 0.328. The van der Waals surface area contributed by atoms with Gasteiger partial charge in [-0.05, 0) is 80.2 Å². The molecule has 0 unspecified atom stereocenters. The molecule has 5 rings (SSSR count). The topological polar surface area (TPSA) is 29.1 Å². The Bertz CT molecular complexity index is 654. The molecule has 130 valence electrons. The SMILES string of the molecule is CCc1cccc(C)c1NC(=O)CC12C[C@H]3C[C@@H](CC(Br)(C3)C1)C2. The highest BCUT2D eigenvalue weighted by atomic mass is 79.9. The van der Waals surface area contributed by atoms with E-state index in [1.165, 1.54) is 49.7 Å². The summed E-state index contributed by atoms with van der Waals surface area (Å²) in [6.07, 6.45) is 9.41. The predicted molar refractivity (Wildman–Crippen MR) is 103 cm³/mol. The van der Waals surface area contributed by atoms with Gasteiger partial charge in [0, 0.05) is 16.4 Å². The van der Waals surface area contributed by atoms with Crippen LogP contribution in [-0.2, 0) is 11.2 Å². The lowest BCUT2D eigenvalue weighted by Gasteiger charge is -2.60. The van der Waals surface area contributed by atoms with E-state index in [0.29, 0.717) is 10.7 Å². The molecule has 3 heteroatoms. The molecule has 4 aliphatic carbocycles. The average Bonchev–Trinajstić information content (AvgIpc) is 2.46. The van der Waals surface area contributed by atoms with Crippen LogP contribution in [0.3, 0.4) is 0 Å². The van der Waals surface area contributed by atoms with Gasteiger partial charge in [0.25, 0.3) is 0 Å². The third kappa shape index (κ3) is 2.94. The summed E-state index contributed by atoms with van der Waals surface area (Å²) in [5, 5.41) is 3.26. The Balaban J connectivity index is 1.51. The van der Waals surface area contributed by atoms with Gasteiger partial charge in [0.15, 0.2) is 0 Å². The van der Waals surface area contributed by atoms with Crippen molar-refractivity contribution in [3.8, 4) is 0 Å². The van der Waals surface area contributed by atoms with E-state index in [1.54, 1.807) is 0 Å². The fraction of sp³-hybridized carbons (Fsp3) is 0.667. The highest BCUT2D eigenvalue weighted by Gasteiger charge is 2.57. The predicted octanol–water partition coefficient (Wildman–Crippen LogP) is 5.62. The smallest absolute Gasteiger partial charge is 0.224 e. The van der Waals surface area contributed by atoms with Gasteiger partial charge in [0.2, 0.25) is 5.91 Å². The van der Waals surface area contributed by atoms with Crippen LogP contribution >= 0.6 is 15.9 Å². The second-order valence-electron chi connectivity index (χ2n) is 8.80. The minimum atomic E-state index is 0.219. The van der Waals surface area contributed by atoms with Crippen LogP contribution in [0.1, 0.15) is 63.0 Å². The Labute approximate surface area is 153 Å². The normalized spacial score (nSPS) is 36.8. The Morgan fingerprint density at radius 2 is 1.96 bits per heavy atom. The second-order valence-corrected chi connectivity index (χ2v) is 10.5. The molecule has 1 amide bonds. The zero-order chi connectivity index (χ0) is 16.9. The molecule has 24 heavy (non-hydrogen) atoms. The van der Waals surface area contributed by atoms with E-state index in [2.05, 4.69) is 53.3 Å². The van der Waals surface area contributed by atoms with Gasteiger partial charge in [0.05, 0.1) is 0 Å². The van der Waals surface area contributed by atoms with Crippen LogP contribution in [-0.4, -0.2) is 10.2 Å². The van der Waals surface area contributed by atoms with E-state index in [4.69, 9.17) is 0 Å². The minimum absolute atomic E-state index is 0.219. The summed E-state index contributed by atoms with van der Waals surface area (Å²) in [6.45, 7) is 4.24. The Hall–Kier alpha value is -0.830. The molecule has 1 aromatic rings. The number of hydrogen-bond donors (Lipinski definition) is 1. The number of aryl methyl sites for hydroxylation is 2. The number of alkyl halides is 1. The van der Waals surface area contributed by atoms with E-state index < -0.39 is 0 Å². The summed E-state index contributed by atoms with van der Waals surface area (Å²) in [7, 11) is 0. The maximum absolute atomic E-state index is 12.9. The first kappa shape index (κ1) is 16.6. The van der Waals surface area contributed by atoms with E-state index >= 15 is 0 Å². The van der Waals surface area contributed by atoms with Crippen molar-refractivity contribution < 1.29 is 4.79 Å². The third-order valence-electron chi connectivity index (χ3n) is 6.65. The standard InChI is InChI=1S/C21H28BrNO/c1-3-17-6-4-5-14(2)19(17)23-18(24)12-20-8-15-7-16(9-20)11-21(22,10-15)13-20/h4-6,15-16H,3,7-13H2,1-2H3,(H,23,24)/t15-,16-,20?,21?/m1/s1. The quantitative estimate of drug-likeness (QED) is 0.665. The minimum Gasteiger partial charge on any atom is -0.326 e. The number of nitrogens with one attached hydrogen (secondary N) is 1. The van der Waals surface area contributed by atoms with Gasteiger partial charge in [-0.2, -0.15) is 0 Å². The molecule has 0 aliphatic heterocycles. The van der Waals surface area contributed by atoms with Crippen LogP contribution in [0, 0.1) is 24.2 Å². The van der Waals surface area contributed by atoms with Gasteiger partial charge >= 0.3 is 0 Å². The largest absolute Gasteiger partial charge is 0.326 e. The number of amides is 1. The lowest BCUT2D eigenvalue weighted by molar-refractivity contribution is -0.123. The van der Waals surface area contributed by atoms with Gasteiger partial charge in [-0.1, -0.05) is 41.1 Å². The van der Waals surface area contributed by atoms with Gasteiger partial charge < -0.3 is 5.32 Å². The summed E-state index contributed by atoms with van der Waals surface area (Å²) >= 11 is 4.05. The van der Waals surface area contributed by atoms with Crippen molar-refractivity contribution in [2.45, 2.75) is 69.5 Å². The van der Waals surface area contributed by atoms with Crippen molar-refractivity contribution in [1.29, 1.82) is 0 Å². The van der Waals surface area contributed by atoms with E-state index in [0.717, 1.165) is 23.9 Å². The number of rotatable bonds is 4. The number of carbonyl (C=O) groups is 1. The summed E-state index contributed by atoms with van der Waals surface area (Å²) in [5.74, 6) is 1.89. The molecule has 4 aliphatic rings. The molecule has 0 radical (unpaired) electrons. The molecule has 1 N–H and O–H groups in total. The fourth-order valence-electron chi connectivity index (χ4n) is 6.27. The van der Waals surface area contributed by atoms with Crippen LogP contribution in [0.2, 0.25) is 0 Å². The highest BCUT2D eigenvalue weighted by Crippen LogP contribution is 2.65. The first-order chi connectivity index (χ1) is 11.4. The van der Waals surface area contributed by atoms with Crippen molar-refractivity contribution in [3.63, 3.8) is 0 Å². The van der Waals surface area contributed by atoms with Crippen molar-refractivity contribution in [3.05, 3.63) is 29.3 Å². The van der Waals surface area contributed by atoms with Crippen LogP contribution in [0.4, 0.5) is 5.69 Å². The lowest BCUT2D eigenvalue weighted by Crippen LogP contribution is -2.53. The first-order valence-electron chi connectivity index (χ1n) is 9.48. The fourth-order valence-corrected chi connectivity index (χ4v) is 7.78. The number of benzene rings is 1. The lowest BCUT2D eigenvalue weighted by atomic mass is 9.48. The van der Waals surface area contributed by atoms with Crippen molar-refractivity contribution >= 4 is 27.5 Å². The van der Waals surface area contributed by atoms with Crippen LogP contribution in [0.5, 0.6) is 0 Å². The molecular formula is C21H28BrNO. The summed E-state index contributed by atoms with van der Waals surface area (Å²) in [6, 6.07) is 6.30. The van der Waals surface area contributed by atoms with Crippen molar-refractivity contribution in [1.82, 2.24) is 0 Å². The van der Waals surface area contributed by atoms with E-state index in [1.807, 2.05) is 0 Å². The number of halogens is 1. The molecule has 4 fully saturated rings. The van der Waals surface area contributed by atoms with Gasteiger partial charge in [0.1, 0.15) is 0 Å². The molecule has 0 spiro atoms. The number of carbonyl (C=O) groups excluding carboxylic acids is 1. The van der Waals surface area contributed by atoms with Crippen molar-refractivity contribution in [2.75, 3.05) is 5.32 Å². The third-order valence-corrected chi connectivity index (χ3v) is 7.58. The number of anilines is 1.